The largest absolute Gasteiger partial charge is 0.464 e. The van der Waals surface area contributed by atoms with E-state index in [1.54, 1.807) is 23.3 Å². The van der Waals surface area contributed by atoms with Crippen molar-refractivity contribution in [3.05, 3.63) is 75.6 Å². The van der Waals surface area contributed by atoms with Gasteiger partial charge in [-0.1, -0.05) is 43.6 Å². The van der Waals surface area contributed by atoms with Crippen LogP contribution in [0.15, 0.2) is 64.0 Å². The minimum absolute atomic E-state index is 0.109. The van der Waals surface area contributed by atoms with Gasteiger partial charge in [0.05, 0.1) is 29.3 Å². The van der Waals surface area contributed by atoms with E-state index in [9.17, 15) is 4.79 Å². The summed E-state index contributed by atoms with van der Waals surface area (Å²) < 4.78 is 11.6. The lowest BCUT2D eigenvalue weighted by Gasteiger charge is -2.24. The molecule has 0 unspecified atom stereocenters. The van der Waals surface area contributed by atoms with Crippen molar-refractivity contribution in [3.8, 4) is 0 Å². The lowest BCUT2D eigenvalue weighted by atomic mass is 10.0. The smallest absolute Gasteiger partial charge is 0.198 e. The molecule has 0 aliphatic carbocycles. The van der Waals surface area contributed by atoms with Gasteiger partial charge < -0.3 is 9.15 Å². The van der Waals surface area contributed by atoms with Gasteiger partial charge in [-0.15, -0.1) is 0 Å². The molecule has 2 heterocycles. The molecule has 0 amide bonds. The summed E-state index contributed by atoms with van der Waals surface area (Å²) in [6.45, 7) is 4.76. The first kappa shape index (κ1) is 19.0. The average Bonchev–Trinajstić information content (AvgIpc) is 3.12. The Kier molecular flexibility index (Phi) is 5.40. The fourth-order valence-corrected chi connectivity index (χ4v) is 3.51. The second kappa shape index (κ2) is 7.95. The Morgan fingerprint density at radius 2 is 2.00 bits per heavy atom. The van der Waals surface area contributed by atoms with Crippen LogP contribution in [0, 0.1) is 5.92 Å². The molecule has 2 aromatic carbocycles. The van der Waals surface area contributed by atoms with Gasteiger partial charge in [-0.2, -0.15) is 0 Å². The number of hydrogen-bond donors (Lipinski definition) is 0. The third kappa shape index (κ3) is 3.78. The van der Waals surface area contributed by atoms with Crippen molar-refractivity contribution in [2.45, 2.75) is 32.6 Å². The summed E-state index contributed by atoms with van der Waals surface area (Å²) in [4.78, 5) is 19.2. The molecular formula is C22H22ClNO4. The van der Waals surface area contributed by atoms with Crippen LogP contribution in [-0.4, -0.2) is 12.9 Å². The predicted molar refractivity (Wildman–Crippen MR) is 109 cm³/mol. The Morgan fingerprint density at radius 3 is 2.75 bits per heavy atom. The molecule has 0 bridgehead atoms. The van der Waals surface area contributed by atoms with Gasteiger partial charge in [-0.25, -0.2) is 9.90 Å². The van der Waals surface area contributed by atoms with E-state index < -0.39 is 6.29 Å². The maximum absolute atomic E-state index is 13.2. The molecule has 4 rings (SSSR count). The SMILES string of the molecule is CC(C)CO[C@H]1C[C@@H](c2coc3ccc(Cl)cc3c2=O)N(c2ccccc2)O1. The van der Waals surface area contributed by atoms with E-state index in [4.69, 9.17) is 25.6 Å². The first-order chi connectivity index (χ1) is 13.5. The van der Waals surface area contributed by atoms with Crippen LogP contribution in [0.3, 0.4) is 0 Å². The highest BCUT2D eigenvalue weighted by Gasteiger charge is 2.37. The van der Waals surface area contributed by atoms with Crippen molar-refractivity contribution >= 4 is 28.3 Å². The van der Waals surface area contributed by atoms with Gasteiger partial charge in [0.25, 0.3) is 0 Å². The molecule has 0 spiro atoms. The number of nitrogens with zero attached hydrogens (tertiary/aromatic N) is 1. The molecule has 1 aromatic heterocycles. The molecule has 1 aliphatic heterocycles. The molecule has 0 radical (unpaired) electrons. The second-order valence-corrected chi connectivity index (χ2v) is 7.77. The van der Waals surface area contributed by atoms with E-state index in [0.29, 0.717) is 40.5 Å². The van der Waals surface area contributed by atoms with E-state index in [1.807, 2.05) is 30.3 Å². The van der Waals surface area contributed by atoms with Crippen LogP contribution in [-0.2, 0) is 9.57 Å². The highest BCUT2D eigenvalue weighted by Crippen LogP contribution is 2.38. The highest BCUT2D eigenvalue weighted by atomic mass is 35.5. The number of benzene rings is 2. The Labute approximate surface area is 168 Å². The molecule has 0 saturated carbocycles. The topological polar surface area (TPSA) is 51.9 Å². The first-order valence-corrected chi connectivity index (χ1v) is 9.74. The Balaban J connectivity index is 1.73. The normalized spacial score (nSPS) is 19.6. The van der Waals surface area contributed by atoms with Crippen LogP contribution >= 0.6 is 11.6 Å². The number of ether oxygens (including phenoxy) is 1. The van der Waals surface area contributed by atoms with Crippen LogP contribution < -0.4 is 10.5 Å². The summed E-state index contributed by atoms with van der Waals surface area (Å²) in [6, 6.07) is 14.4. The third-order valence-electron chi connectivity index (χ3n) is 4.68. The van der Waals surface area contributed by atoms with Crippen molar-refractivity contribution < 1.29 is 14.0 Å². The van der Waals surface area contributed by atoms with Gasteiger partial charge in [0.2, 0.25) is 0 Å². The van der Waals surface area contributed by atoms with Crippen molar-refractivity contribution in [2.75, 3.05) is 11.7 Å². The minimum atomic E-state index is -0.429. The summed E-state index contributed by atoms with van der Waals surface area (Å²) in [5.74, 6) is 0.390. The molecule has 3 aromatic rings. The first-order valence-electron chi connectivity index (χ1n) is 9.36. The van der Waals surface area contributed by atoms with Crippen LogP contribution in [0.1, 0.15) is 31.9 Å². The molecule has 6 heteroatoms. The number of rotatable bonds is 5. The van der Waals surface area contributed by atoms with Crippen LogP contribution in [0.4, 0.5) is 5.69 Å². The van der Waals surface area contributed by atoms with Crippen molar-refractivity contribution in [2.24, 2.45) is 5.92 Å². The number of hydroxylamine groups is 1. The standard InChI is InChI=1S/C22H22ClNO4/c1-14(2)12-27-21-11-19(24(28-21)16-6-4-3-5-7-16)18-13-26-20-9-8-15(23)10-17(20)22(18)25/h3-10,13-14,19,21H,11-12H2,1-2H3/t19-,21+/m0/s1. The monoisotopic (exact) mass is 399 g/mol. The third-order valence-corrected chi connectivity index (χ3v) is 4.91. The zero-order valence-corrected chi connectivity index (χ0v) is 16.6. The fourth-order valence-electron chi connectivity index (χ4n) is 3.34. The maximum atomic E-state index is 13.2. The number of para-hydroxylation sites is 1. The van der Waals surface area contributed by atoms with Crippen LogP contribution in [0.25, 0.3) is 11.0 Å². The summed E-state index contributed by atoms with van der Waals surface area (Å²) in [5, 5.41) is 2.70. The molecular weight excluding hydrogens is 378 g/mol. The predicted octanol–water partition coefficient (Wildman–Crippen LogP) is 5.33. The van der Waals surface area contributed by atoms with E-state index in [2.05, 4.69) is 13.8 Å². The summed E-state index contributed by atoms with van der Waals surface area (Å²) in [7, 11) is 0. The zero-order chi connectivity index (χ0) is 19.7. The van der Waals surface area contributed by atoms with Gasteiger partial charge in [0.1, 0.15) is 11.8 Å². The quantitative estimate of drug-likeness (QED) is 0.580. The number of fused-ring (bicyclic) bond motifs is 1. The minimum Gasteiger partial charge on any atom is -0.464 e. The van der Waals surface area contributed by atoms with Crippen LogP contribution in [0.2, 0.25) is 5.02 Å². The molecule has 146 valence electrons. The van der Waals surface area contributed by atoms with E-state index >= 15 is 0 Å². The fraction of sp³-hybridized carbons (Fsp3) is 0.318. The number of halogens is 1. The lowest BCUT2D eigenvalue weighted by Crippen LogP contribution is -2.26. The van der Waals surface area contributed by atoms with Gasteiger partial charge in [0.15, 0.2) is 11.7 Å². The van der Waals surface area contributed by atoms with Crippen LogP contribution in [0.5, 0.6) is 0 Å². The summed E-state index contributed by atoms with van der Waals surface area (Å²) >= 11 is 6.09. The zero-order valence-electron chi connectivity index (χ0n) is 15.8. The highest BCUT2D eigenvalue weighted by molar-refractivity contribution is 6.31. The summed E-state index contributed by atoms with van der Waals surface area (Å²) in [5.41, 5.74) is 1.78. The van der Waals surface area contributed by atoms with E-state index in [1.165, 1.54) is 6.26 Å². The number of anilines is 1. The Morgan fingerprint density at radius 1 is 1.21 bits per heavy atom. The second-order valence-electron chi connectivity index (χ2n) is 7.34. The molecule has 5 nitrogen and oxygen atoms in total. The summed E-state index contributed by atoms with van der Waals surface area (Å²) in [6.07, 6.45) is 1.62. The average molecular weight is 400 g/mol. The van der Waals surface area contributed by atoms with Crippen molar-refractivity contribution in [3.63, 3.8) is 0 Å². The van der Waals surface area contributed by atoms with E-state index in [-0.39, 0.29) is 11.5 Å². The molecule has 1 saturated heterocycles. The van der Waals surface area contributed by atoms with Gasteiger partial charge >= 0.3 is 0 Å². The van der Waals surface area contributed by atoms with Gasteiger partial charge in [0, 0.05) is 11.4 Å². The Bertz CT molecular complexity index is 1020. The Hall–Kier alpha value is -2.34. The molecule has 1 fully saturated rings. The van der Waals surface area contributed by atoms with Crippen molar-refractivity contribution in [1.29, 1.82) is 0 Å². The van der Waals surface area contributed by atoms with E-state index in [0.717, 1.165) is 5.69 Å². The molecule has 1 aliphatic rings. The van der Waals surface area contributed by atoms with Gasteiger partial charge in [-0.3, -0.25) is 4.79 Å². The number of hydrogen-bond acceptors (Lipinski definition) is 5. The maximum Gasteiger partial charge on any atom is 0.198 e. The lowest BCUT2D eigenvalue weighted by molar-refractivity contribution is -0.125. The molecule has 28 heavy (non-hydrogen) atoms. The van der Waals surface area contributed by atoms with Gasteiger partial charge in [-0.05, 0) is 36.2 Å². The molecule has 0 N–H and O–H groups in total. The van der Waals surface area contributed by atoms with Crippen molar-refractivity contribution in [1.82, 2.24) is 0 Å². The molecule has 2 atom stereocenters.